The maximum absolute atomic E-state index is 13.4. The summed E-state index contributed by atoms with van der Waals surface area (Å²) in [5.41, 5.74) is 1.73. The van der Waals surface area contributed by atoms with E-state index in [4.69, 9.17) is 4.74 Å². The van der Waals surface area contributed by atoms with Gasteiger partial charge in [-0.05, 0) is 30.7 Å². The van der Waals surface area contributed by atoms with Crippen LogP contribution in [0.25, 0.3) is 5.69 Å². The van der Waals surface area contributed by atoms with Gasteiger partial charge in [-0.15, -0.1) is 0 Å². The molecule has 0 bridgehead atoms. The zero-order valence-electron chi connectivity index (χ0n) is 12.1. The van der Waals surface area contributed by atoms with Gasteiger partial charge >= 0.3 is 0 Å². The summed E-state index contributed by atoms with van der Waals surface area (Å²) in [4.78, 5) is 0. The minimum absolute atomic E-state index is 0.220. The third kappa shape index (κ3) is 3.57. The number of benzene rings is 1. The van der Waals surface area contributed by atoms with Crippen molar-refractivity contribution in [2.24, 2.45) is 5.92 Å². The number of rotatable bonds is 6. The summed E-state index contributed by atoms with van der Waals surface area (Å²) in [6.45, 7) is 6.01. The Balaban J connectivity index is 2.08. The van der Waals surface area contributed by atoms with Crippen LogP contribution in [0.1, 0.15) is 19.5 Å². The van der Waals surface area contributed by atoms with Gasteiger partial charge in [0.15, 0.2) is 11.6 Å². The van der Waals surface area contributed by atoms with Gasteiger partial charge in [-0.1, -0.05) is 13.8 Å². The number of halogens is 1. The number of hydrogen-bond donors (Lipinski definition) is 1. The molecule has 1 heterocycles. The van der Waals surface area contributed by atoms with E-state index in [2.05, 4.69) is 24.3 Å². The van der Waals surface area contributed by atoms with Gasteiger partial charge in [0.25, 0.3) is 0 Å². The van der Waals surface area contributed by atoms with E-state index >= 15 is 0 Å². The maximum atomic E-state index is 13.4. The Bertz CT molecular complexity index is 566. The number of hydrogen-bond acceptors (Lipinski definition) is 3. The second-order valence-corrected chi connectivity index (χ2v) is 5.10. The second kappa shape index (κ2) is 6.52. The average Bonchev–Trinajstić information content (AvgIpc) is 2.87. The Kier molecular flexibility index (Phi) is 4.74. The summed E-state index contributed by atoms with van der Waals surface area (Å²) in [5, 5.41) is 7.80. The Morgan fingerprint density at radius 1 is 1.35 bits per heavy atom. The molecule has 20 heavy (non-hydrogen) atoms. The van der Waals surface area contributed by atoms with E-state index in [1.54, 1.807) is 16.8 Å². The van der Waals surface area contributed by atoms with Crippen molar-refractivity contribution in [2.45, 2.75) is 20.4 Å². The highest BCUT2D eigenvalue weighted by Gasteiger charge is 2.06. The van der Waals surface area contributed by atoms with E-state index in [1.807, 2.05) is 12.3 Å². The highest BCUT2D eigenvalue weighted by molar-refractivity contribution is 5.39. The molecule has 0 radical (unpaired) electrons. The molecule has 0 aliphatic heterocycles. The number of aromatic nitrogens is 2. The first kappa shape index (κ1) is 14.5. The average molecular weight is 277 g/mol. The zero-order chi connectivity index (χ0) is 14.5. The topological polar surface area (TPSA) is 39.1 Å². The highest BCUT2D eigenvalue weighted by Crippen LogP contribution is 2.20. The van der Waals surface area contributed by atoms with E-state index in [-0.39, 0.29) is 11.6 Å². The fraction of sp³-hybridized carbons (Fsp3) is 0.400. The van der Waals surface area contributed by atoms with E-state index in [0.717, 1.165) is 24.5 Å². The molecule has 1 aromatic heterocycles. The molecular weight excluding hydrogens is 257 g/mol. The maximum Gasteiger partial charge on any atom is 0.165 e. The van der Waals surface area contributed by atoms with Crippen LogP contribution in [-0.4, -0.2) is 23.4 Å². The molecule has 4 nitrogen and oxygen atoms in total. The van der Waals surface area contributed by atoms with Gasteiger partial charge in [0.05, 0.1) is 18.5 Å². The zero-order valence-corrected chi connectivity index (χ0v) is 12.1. The van der Waals surface area contributed by atoms with E-state index in [1.165, 1.54) is 13.2 Å². The molecule has 0 atom stereocenters. The van der Waals surface area contributed by atoms with Crippen LogP contribution in [0, 0.1) is 11.7 Å². The van der Waals surface area contributed by atoms with Gasteiger partial charge < -0.3 is 10.1 Å². The molecule has 2 aromatic rings. The summed E-state index contributed by atoms with van der Waals surface area (Å²) in [7, 11) is 1.45. The summed E-state index contributed by atoms with van der Waals surface area (Å²) in [6.07, 6.45) is 1.86. The third-order valence-corrected chi connectivity index (χ3v) is 2.90. The molecule has 0 aliphatic carbocycles. The molecule has 0 aliphatic rings. The lowest BCUT2D eigenvalue weighted by Crippen LogP contribution is -2.19. The van der Waals surface area contributed by atoms with Crippen molar-refractivity contribution in [1.29, 1.82) is 0 Å². The molecule has 0 amide bonds. The van der Waals surface area contributed by atoms with E-state index in [9.17, 15) is 4.39 Å². The Morgan fingerprint density at radius 3 is 2.85 bits per heavy atom. The van der Waals surface area contributed by atoms with Crippen molar-refractivity contribution in [1.82, 2.24) is 15.1 Å². The van der Waals surface area contributed by atoms with Gasteiger partial charge in [-0.3, -0.25) is 0 Å². The van der Waals surface area contributed by atoms with Gasteiger partial charge in [0.1, 0.15) is 0 Å². The normalized spacial score (nSPS) is 11.1. The minimum Gasteiger partial charge on any atom is -0.494 e. The number of nitrogens with zero attached hydrogens (tertiary/aromatic N) is 2. The summed E-state index contributed by atoms with van der Waals surface area (Å²) < 4.78 is 20.1. The molecule has 5 heteroatoms. The molecule has 108 valence electrons. The van der Waals surface area contributed by atoms with Crippen LogP contribution >= 0.6 is 0 Å². The molecular formula is C15H20FN3O. The first-order chi connectivity index (χ1) is 9.60. The molecule has 2 rings (SSSR count). The van der Waals surface area contributed by atoms with E-state index < -0.39 is 0 Å². The molecule has 1 aromatic carbocycles. The Hall–Kier alpha value is -1.88. The van der Waals surface area contributed by atoms with Crippen LogP contribution in [0.2, 0.25) is 0 Å². The first-order valence-electron chi connectivity index (χ1n) is 6.69. The van der Waals surface area contributed by atoms with Crippen LogP contribution in [-0.2, 0) is 6.54 Å². The molecule has 0 unspecified atom stereocenters. The van der Waals surface area contributed by atoms with Crippen molar-refractivity contribution >= 4 is 0 Å². The largest absolute Gasteiger partial charge is 0.494 e. The van der Waals surface area contributed by atoms with Crippen LogP contribution in [0.5, 0.6) is 5.75 Å². The SMILES string of the molecule is COc1cc(-n2ccc(CNCC(C)C)n2)ccc1F. The van der Waals surface area contributed by atoms with Gasteiger partial charge in [0, 0.05) is 18.8 Å². The number of methoxy groups -OCH3 is 1. The lowest BCUT2D eigenvalue weighted by atomic mass is 10.2. The van der Waals surface area contributed by atoms with Crippen molar-refractivity contribution in [3.63, 3.8) is 0 Å². The third-order valence-electron chi connectivity index (χ3n) is 2.90. The minimum atomic E-state index is -0.373. The Labute approximate surface area is 118 Å². The molecule has 1 N–H and O–H groups in total. The smallest absolute Gasteiger partial charge is 0.165 e. The van der Waals surface area contributed by atoms with Gasteiger partial charge in [0.2, 0.25) is 0 Å². The lowest BCUT2D eigenvalue weighted by Gasteiger charge is -2.06. The molecule has 0 saturated heterocycles. The van der Waals surface area contributed by atoms with Crippen molar-refractivity contribution in [2.75, 3.05) is 13.7 Å². The van der Waals surface area contributed by atoms with Crippen molar-refractivity contribution in [3.05, 3.63) is 42.0 Å². The fourth-order valence-corrected chi connectivity index (χ4v) is 1.88. The highest BCUT2D eigenvalue weighted by atomic mass is 19.1. The summed E-state index contributed by atoms with van der Waals surface area (Å²) in [5.74, 6) is 0.457. The number of ether oxygens (including phenoxy) is 1. The van der Waals surface area contributed by atoms with Crippen LogP contribution < -0.4 is 10.1 Å². The van der Waals surface area contributed by atoms with Crippen LogP contribution in [0.3, 0.4) is 0 Å². The molecule has 0 saturated carbocycles. The van der Waals surface area contributed by atoms with Gasteiger partial charge in [-0.25, -0.2) is 9.07 Å². The first-order valence-corrected chi connectivity index (χ1v) is 6.69. The second-order valence-electron chi connectivity index (χ2n) is 5.10. The summed E-state index contributed by atoms with van der Waals surface area (Å²) in [6, 6.07) is 6.64. The number of nitrogens with one attached hydrogen (secondary N) is 1. The van der Waals surface area contributed by atoms with E-state index in [0.29, 0.717) is 5.92 Å². The molecule has 0 fully saturated rings. The lowest BCUT2D eigenvalue weighted by molar-refractivity contribution is 0.386. The predicted molar refractivity (Wildman–Crippen MR) is 76.6 cm³/mol. The van der Waals surface area contributed by atoms with Crippen molar-refractivity contribution in [3.8, 4) is 11.4 Å². The quantitative estimate of drug-likeness (QED) is 0.882. The van der Waals surface area contributed by atoms with Crippen molar-refractivity contribution < 1.29 is 9.13 Å². The summed E-state index contributed by atoms with van der Waals surface area (Å²) >= 11 is 0. The van der Waals surface area contributed by atoms with Crippen LogP contribution in [0.4, 0.5) is 4.39 Å². The fourth-order valence-electron chi connectivity index (χ4n) is 1.88. The standard InChI is InChI=1S/C15H20FN3O/c1-11(2)9-17-10-12-6-7-19(18-12)13-4-5-14(16)15(8-13)20-3/h4-8,11,17H,9-10H2,1-3H3. The van der Waals surface area contributed by atoms with Crippen LogP contribution in [0.15, 0.2) is 30.5 Å². The van der Waals surface area contributed by atoms with Gasteiger partial charge in [-0.2, -0.15) is 5.10 Å². The molecule has 0 spiro atoms. The predicted octanol–water partition coefficient (Wildman–Crippen LogP) is 2.77. The Morgan fingerprint density at radius 2 is 2.15 bits per heavy atom. The monoisotopic (exact) mass is 277 g/mol.